The van der Waals surface area contributed by atoms with Gasteiger partial charge in [-0.3, -0.25) is 0 Å². The largest absolute Gasteiger partial charge is 0.103 e. The molecule has 0 radical (unpaired) electrons. The van der Waals surface area contributed by atoms with Gasteiger partial charge in [0.25, 0.3) is 0 Å². The smallest absolute Gasteiger partial charge is 0.00886 e. The molecule has 0 rings (SSSR count). The van der Waals surface area contributed by atoms with Gasteiger partial charge >= 0.3 is 0 Å². The fourth-order valence-corrected chi connectivity index (χ4v) is 3.91. The van der Waals surface area contributed by atoms with E-state index in [1.54, 1.807) is 0 Å². The zero-order valence-corrected chi connectivity index (χ0v) is 20.0. The van der Waals surface area contributed by atoms with Gasteiger partial charge in [0, 0.05) is 12.8 Å². The SMILES string of the molecule is CCCCC#CCCCCCCCCCCCCCCCCCCCCCC. The van der Waals surface area contributed by atoms with E-state index in [1.807, 2.05) is 0 Å². The van der Waals surface area contributed by atoms with Crippen molar-refractivity contribution in [3.05, 3.63) is 0 Å². The molecule has 0 saturated heterocycles. The minimum atomic E-state index is 1.11. The lowest BCUT2D eigenvalue weighted by atomic mass is 10.0. The van der Waals surface area contributed by atoms with Gasteiger partial charge in [0.05, 0.1) is 0 Å². The van der Waals surface area contributed by atoms with Crippen LogP contribution in [0, 0.1) is 11.8 Å². The molecule has 0 aromatic carbocycles. The molecule has 0 amide bonds. The summed E-state index contributed by atoms with van der Waals surface area (Å²) >= 11 is 0. The minimum Gasteiger partial charge on any atom is -0.103 e. The number of hydrogen-bond donors (Lipinski definition) is 0. The van der Waals surface area contributed by atoms with Crippen molar-refractivity contribution in [2.75, 3.05) is 0 Å². The van der Waals surface area contributed by atoms with E-state index in [1.165, 1.54) is 141 Å². The summed E-state index contributed by atoms with van der Waals surface area (Å²) in [5.41, 5.74) is 0. The topological polar surface area (TPSA) is 0 Å². The number of unbranched alkanes of at least 4 members (excludes halogenated alkanes) is 22. The Bertz CT molecular complexity index is 319. The predicted octanol–water partition coefficient (Wildman–Crippen LogP) is 10.4. The first-order valence-corrected chi connectivity index (χ1v) is 13.4. The fourth-order valence-electron chi connectivity index (χ4n) is 3.91. The molecule has 0 aliphatic rings. The zero-order valence-electron chi connectivity index (χ0n) is 20.0. The van der Waals surface area contributed by atoms with Crippen LogP contribution in [0.25, 0.3) is 0 Å². The molecule has 0 aliphatic carbocycles. The summed E-state index contributed by atoms with van der Waals surface area (Å²) in [7, 11) is 0. The monoisotopic (exact) mass is 390 g/mol. The first-order valence-electron chi connectivity index (χ1n) is 13.4. The molecule has 28 heavy (non-hydrogen) atoms. The van der Waals surface area contributed by atoms with Crippen LogP contribution in [0.3, 0.4) is 0 Å². The van der Waals surface area contributed by atoms with Crippen molar-refractivity contribution in [2.24, 2.45) is 0 Å². The molecule has 0 fully saturated rings. The van der Waals surface area contributed by atoms with Crippen LogP contribution < -0.4 is 0 Å². The molecule has 0 aromatic rings. The molecular formula is C28H54. The summed E-state index contributed by atoms with van der Waals surface area (Å²) in [6.45, 7) is 4.54. The fraction of sp³-hybridized carbons (Fsp3) is 0.929. The standard InChI is InChI=1S/C28H54/c1-3-5-7-9-11-13-15-17-19-21-23-25-27-28-26-24-22-20-18-16-14-12-10-8-6-4-2/h3-9,11,13-28H2,1-2H3. The van der Waals surface area contributed by atoms with Gasteiger partial charge in [-0.2, -0.15) is 0 Å². The third-order valence-corrected chi connectivity index (χ3v) is 5.94. The molecule has 166 valence electrons. The van der Waals surface area contributed by atoms with Crippen molar-refractivity contribution in [2.45, 2.75) is 168 Å². The first kappa shape index (κ1) is 27.6. The van der Waals surface area contributed by atoms with Gasteiger partial charge in [0.15, 0.2) is 0 Å². The summed E-state index contributed by atoms with van der Waals surface area (Å²) in [5, 5.41) is 0. The van der Waals surface area contributed by atoms with Gasteiger partial charge in [-0.05, 0) is 12.8 Å². The molecule has 0 saturated carbocycles. The van der Waals surface area contributed by atoms with Crippen molar-refractivity contribution in [3.8, 4) is 11.8 Å². The van der Waals surface area contributed by atoms with Crippen LogP contribution in [0.15, 0.2) is 0 Å². The van der Waals surface area contributed by atoms with Gasteiger partial charge in [-0.25, -0.2) is 0 Å². The molecule has 0 N–H and O–H groups in total. The van der Waals surface area contributed by atoms with E-state index < -0.39 is 0 Å². The van der Waals surface area contributed by atoms with Crippen LogP contribution in [0.5, 0.6) is 0 Å². The number of hydrogen-bond acceptors (Lipinski definition) is 0. The van der Waals surface area contributed by atoms with Crippen molar-refractivity contribution >= 4 is 0 Å². The Morgan fingerprint density at radius 2 is 0.536 bits per heavy atom. The lowest BCUT2D eigenvalue weighted by molar-refractivity contribution is 0.522. The van der Waals surface area contributed by atoms with Gasteiger partial charge in [0.2, 0.25) is 0 Å². The highest BCUT2D eigenvalue weighted by Gasteiger charge is 1.95. The van der Waals surface area contributed by atoms with Gasteiger partial charge < -0.3 is 0 Å². The maximum atomic E-state index is 3.33. The van der Waals surface area contributed by atoms with Crippen molar-refractivity contribution in [1.29, 1.82) is 0 Å². The van der Waals surface area contributed by atoms with Crippen LogP contribution in [0.2, 0.25) is 0 Å². The Morgan fingerprint density at radius 1 is 0.286 bits per heavy atom. The van der Waals surface area contributed by atoms with Gasteiger partial charge in [-0.15, -0.1) is 11.8 Å². The Labute approximate surface area is 180 Å². The Morgan fingerprint density at radius 3 is 0.857 bits per heavy atom. The summed E-state index contributed by atoms with van der Waals surface area (Å²) in [6.07, 6.45) is 33.8. The second-order valence-electron chi connectivity index (χ2n) is 8.92. The first-order chi connectivity index (χ1) is 13.9. The predicted molar refractivity (Wildman–Crippen MR) is 130 cm³/mol. The maximum absolute atomic E-state index is 3.33. The zero-order chi connectivity index (χ0) is 20.4. The van der Waals surface area contributed by atoms with E-state index in [-0.39, 0.29) is 0 Å². The molecule has 0 aromatic heterocycles. The van der Waals surface area contributed by atoms with Crippen LogP contribution in [-0.4, -0.2) is 0 Å². The van der Waals surface area contributed by atoms with E-state index in [2.05, 4.69) is 25.7 Å². The lowest BCUT2D eigenvalue weighted by Gasteiger charge is -2.04. The third kappa shape index (κ3) is 25.6. The molecule has 0 aliphatic heterocycles. The van der Waals surface area contributed by atoms with Crippen molar-refractivity contribution < 1.29 is 0 Å². The molecule has 0 atom stereocenters. The Hall–Kier alpha value is -0.440. The van der Waals surface area contributed by atoms with Crippen molar-refractivity contribution in [3.63, 3.8) is 0 Å². The highest BCUT2D eigenvalue weighted by atomic mass is 14.0. The van der Waals surface area contributed by atoms with E-state index in [0.717, 1.165) is 12.8 Å². The number of rotatable bonds is 22. The second kappa shape index (κ2) is 26.6. The molecular weight excluding hydrogens is 336 g/mol. The molecule has 0 heteroatoms. The van der Waals surface area contributed by atoms with Crippen LogP contribution in [-0.2, 0) is 0 Å². The van der Waals surface area contributed by atoms with Crippen LogP contribution in [0.1, 0.15) is 168 Å². The molecule has 0 heterocycles. The van der Waals surface area contributed by atoms with E-state index in [9.17, 15) is 0 Å². The van der Waals surface area contributed by atoms with Crippen LogP contribution >= 0.6 is 0 Å². The lowest BCUT2D eigenvalue weighted by Crippen LogP contribution is -1.84. The highest BCUT2D eigenvalue weighted by Crippen LogP contribution is 2.14. The van der Waals surface area contributed by atoms with Gasteiger partial charge in [0.1, 0.15) is 0 Å². The van der Waals surface area contributed by atoms with Crippen molar-refractivity contribution in [1.82, 2.24) is 0 Å². The summed E-state index contributed by atoms with van der Waals surface area (Å²) in [4.78, 5) is 0. The average Bonchev–Trinajstić information content (AvgIpc) is 2.71. The highest BCUT2D eigenvalue weighted by molar-refractivity contribution is 4.98. The maximum Gasteiger partial charge on any atom is 0.00886 e. The average molecular weight is 391 g/mol. The Balaban J connectivity index is 3.02. The molecule has 0 spiro atoms. The Kier molecular flexibility index (Phi) is 26.1. The van der Waals surface area contributed by atoms with Gasteiger partial charge in [-0.1, -0.05) is 142 Å². The summed E-state index contributed by atoms with van der Waals surface area (Å²) < 4.78 is 0. The van der Waals surface area contributed by atoms with E-state index in [4.69, 9.17) is 0 Å². The molecule has 0 bridgehead atoms. The summed E-state index contributed by atoms with van der Waals surface area (Å²) in [5.74, 6) is 6.63. The normalized spacial score (nSPS) is 10.8. The third-order valence-electron chi connectivity index (χ3n) is 5.94. The minimum absolute atomic E-state index is 1.11. The summed E-state index contributed by atoms with van der Waals surface area (Å²) in [6, 6.07) is 0. The van der Waals surface area contributed by atoms with E-state index in [0.29, 0.717) is 0 Å². The van der Waals surface area contributed by atoms with Crippen LogP contribution in [0.4, 0.5) is 0 Å². The molecule has 0 unspecified atom stereocenters. The van der Waals surface area contributed by atoms with E-state index >= 15 is 0 Å². The quantitative estimate of drug-likeness (QED) is 0.127. The second-order valence-corrected chi connectivity index (χ2v) is 8.92. The molecule has 0 nitrogen and oxygen atoms in total.